The van der Waals surface area contributed by atoms with Crippen molar-refractivity contribution in [3.63, 3.8) is 0 Å². The van der Waals surface area contributed by atoms with Gasteiger partial charge in [0.1, 0.15) is 4.90 Å². The maximum atomic E-state index is 12.8. The number of nitrogens with one attached hydrogen (secondary N) is 1. The van der Waals surface area contributed by atoms with Gasteiger partial charge in [0.25, 0.3) is 0 Å². The topological polar surface area (TPSA) is 69.6 Å². The van der Waals surface area contributed by atoms with E-state index in [1.54, 1.807) is 25.1 Å². The van der Waals surface area contributed by atoms with Crippen LogP contribution in [0.2, 0.25) is 0 Å². The Bertz CT molecular complexity index is 572. The number of aliphatic hydroxyl groups excluding tert-OH is 1. The molecule has 1 aliphatic heterocycles. The van der Waals surface area contributed by atoms with Crippen molar-refractivity contribution >= 4 is 15.7 Å². The molecular formula is C15H24N2O3S. The summed E-state index contributed by atoms with van der Waals surface area (Å²) in [5.74, 6) is 0.0236. The van der Waals surface area contributed by atoms with Crippen LogP contribution in [0, 0.1) is 5.92 Å². The zero-order valence-corrected chi connectivity index (χ0v) is 13.4. The molecule has 0 spiro atoms. The second-order valence-electron chi connectivity index (χ2n) is 5.58. The zero-order valence-electron chi connectivity index (χ0n) is 12.6. The Morgan fingerprint density at radius 2 is 2.14 bits per heavy atom. The van der Waals surface area contributed by atoms with Crippen molar-refractivity contribution in [3.8, 4) is 0 Å². The number of benzene rings is 1. The van der Waals surface area contributed by atoms with Gasteiger partial charge < -0.3 is 10.4 Å². The van der Waals surface area contributed by atoms with E-state index in [4.69, 9.17) is 0 Å². The van der Waals surface area contributed by atoms with Crippen LogP contribution < -0.4 is 5.32 Å². The summed E-state index contributed by atoms with van der Waals surface area (Å²) in [5.41, 5.74) is 0.653. The molecule has 0 bridgehead atoms. The quantitative estimate of drug-likeness (QED) is 0.842. The van der Waals surface area contributed by atoms with Crippen LogP contribution in [-0.2, 0) is 10.0 Å². The molecule has 0 radical (unpaired) electrons. The van der Waals surface area contributed by atoms with Crippen molar-refractivity contribution in [3.05, 3.63) is 24.3 Å². The van der Waals surface area contributed by atoms with Gasteiger partial charge in [-0.1, -0.05) is 19.1 Å². The maximum absolute atomic E-state index is 12.8. The van der Waals surface area contributed by atoms with Crippen LogP contribution in [0.3, 0.4) is 0 Å². The first kappa shape index (κ1) is 16.3. The normalized spacial score (nSPS) is 21.4. The monoisotopic (exact) mass is 312 g/mol. The van der Waals surface area contributed by atoms with E-state index in [2.05, 4.69) is 5.32 Å². The molecule has 6 heteroatoms. The molecule has 0 saturated carbocycles. The van der Waals surface area contributed by atoms with Gasteiger partial charge in [0.15, 0.2) is 0 Å². The number of para-hydroxylation sites is 1. The predicted molar refractivity (Wildman–Crippen MR) is 83.8 cm³/mol. The first-order chi connectivity index (χ1) is 9.96. The van der Waals surface area contributed by atoms with E-state index < -0.39 is 16.1 Å². The lowest BCUT2D eigenvalue weighted by Gasteiger charge is -2.20. The fraction of sp³-hybridized carbons (Fsp3) is 0.600. The van der Waals surface area contributed by atoms with E-state index in [1.165, 1.54) is 4.31 Å². The number of hydrogen-bond acceptors (Lipinski definition) is 4. The smallest absolute Gasteiger partial charge is 0.245 e. The SMILES string of the molecule is CCCNc1ccccc1S(=O)(=O)N1CCC(C(C)O)C1. The summed E-state index contributed by atoms with van der Waals surface area (Å²) >= 11 is 0. The molecule has 5 nitrogen and oxygen atoms in total. The average Bonchev–Trinajstić information content (AvgIpc) is 2.96. The number of anilines is 1. The molecule has 2 rings (SSSR count). The van der Waals surface area contributed by atoms with Crippen LogP contribution in [0.25, 0.3) is 0 Å². The minimum absolute atomic E-state index is 0.0236. The minimum atomic E-state index is -3.51. The van der Waals surface area contributed by atoms with Gasteiger partial charge >= 0.3 is 0 Å². The zero-order chi connectivity index (χ0) is 15.5. The Morgan fingerprint density at radius 1 is 1.43 bits per heavy atom. The molecule has 118 valence electrons. The Morgan fingerprint density at radius 3 is 2.76 bits per heavy atom. The van der Waals surface area contributed by atoms with Crippen LogP contribution >= 0.6 is 0 Å². The molecule has 21 heavy (non-hydrogen) atoms. The van der Waals surface area contributed by atoms with E-state index in [-0.39, 0.29) is 5.92 Å². The Kier molecular flexibility index (Phi) is 5.24. The highest BCUT2D eigenvalue weighted by molar-refractivity contribution is 7.89. The van der Waals surface area contributed by atoms with Crippen molar-refractivity contribution in [1.29, 1.82) is 0 Å². The second kappa shape index (κ2) is 6.77. The fourth-order valence-corrected chi connectivity index (χ4v) is 4.28. The van der Waals surface area contributed by atoms with Gasteiger partial charge in [-0.15, -0.1) is 0 Å². The average molecular weight is 312 g/mol. The van der Waals surface area contributed by atoms with Crippen LogP contribution in [0.5, 0.6) is 0 Å². The summed E-state index contributed by atoms with van der Waals surface area (Å²) in [4.78, 5) is 0.324. The highest BCUT2D eigenvalue weighted by atomic mass is 32.2. The Labute approximate surface area is 127 Å². The second-order valence-corrected chi connectivity index (χ2v) is 7.48. The molecule has 2 atom stereocenters. The lowest BCUT2D eigenvalue weighted by atomic mass is 10.0. The van der Waals surface area contributed by atoms with Crippen LogP contribution in [0.4, 0.5) is 5.69 Å². The first-order valence-electron chi connectivity index (χ1n) is 7.48. The third-order valence-corrected chi connectivity index (χ3v) is 5.86. The molecule has 0 aromatic heterocycles. The molecule has 1 fully saturated rings. The summed E-state index contributed by atoms with van der Waals surface area (Å²) in [7, 11) is -3.51. The van der Waals surface area contributed by atoms with Gasteiger partial charge in [-0.25, -0.2) is 8.42 Å². The first-order valence-corrected chi connectivity index (χ1v) is 8.92. The van der Waals surface area contributed by atoms with Crippen LogP contribution in [-0.4, -0.2) is 43.6 Å². The molecule has 1 heterocycles. The Balaban J connectivity index is 2.24. The number of nitrogens with zero attached hydrogens (tertiary/aromatic N) is 1. The number of aliphatic hydroxyl groups is 1. The van der Waals surface area contributed by atoms with Gasteiger partial charge in [0.2, 0.25) is 10.0 Å². The molecule has 1 saturated heterocycles. The van der Waals surface area contributed by atoms with Gasteiger partial charge in [0.05, 0.1) is 11.8 Å². The fourth-order valence-electron chi connectivity index (χ4n) is 2.60. The molecule has 2 N–H and O–H groups in total. The highest BCUT2D eigenvalue weighted by Crippen LogP contribution is 2.29. The van der Waals surface area contributed by atoms with Crippen LogP contribution in [0.15, 0.2) is 29.2 Å². The molecule has 1 aliphatic rings. The molecule has 1 aromatic rings. The third kappa shape index (κ3) is 3.56. The molecule has 2 unspecified atom stereocenters. The van der Waals surface area contributed by atoms with Crippen molar-refractivity contribution in [2.24, 2.45) is 5.92 Å². The number of hydrogen-bond donors (Lipinski definition) is 2. The van der Waals surface area contributed by atoms with Crippen LogP contribution in [0.1, 0.15) is 26.7 Å². The lowest BCUT2D eigenvalue weighted by molar-refractivity contribution is 0.133. The molecule has 0 amide bonds. The van der Waals surface area contributed by atoms with Gasteiger partial charge in [-0.2, -0.15) is 4.31 Å². The van der Waals surface area contributed by atoms with E-state index >= 15 is 0 Å². The minimum Gasteiger partial charge on any atom is -0.393 e. The summed E-state index contributed by atoms with van der Waals surface area (Å²) in [6.45, 7) is 5.36. The highest BCUT2D eigenvalue weighted by Gasteiger charge is 2.35. The molecule has 1 aromatic carbocycles. The van der Waals surface area contributed by atoms with Crippen molar-refractivity contribution in [1.82, 2.24) is 4.31 Å². The number of sulfonamides is 1. The van der Waals surface area contributed by atoms with E-state index in [9.17, 15) is 13.5 Å². The molecular weight excluding hydrogens is 288 g/mol. The van der Waals surface area contributed by atoms with Gasteiger partial charge in [0, 0.05) is 19.6 Å². The van der Waals surface area contributed by atoms with E-state index in [0.29, 0.717) is 30.1 Å². The van der Waals surface area contributed by atoms with Gasteiger partial charge in [-0.3, -0.25) is 0 Å². The van der Waals surface area contributed by atoms with Crippen molar-refractivity contribution in [2.75, 3.05) is 25.0 Å². The largest absolute Gasteiger partial charge is 0.393 e. The van der Waals surface area contributed by atoms with Crippen molar-refractivity contribution < 1.29 is 13.5 Å². The van der Waals surface area contributed by atoms with E-state index in [0.717, 1.165) is 13.0 Å². The summed E-state index contributed by atoms with van der Waals surface area (Å²) < 4.78 is 27.1. The van der Waals surface area contributed by atoms with Gasteiger partial charge in [-0.05, 0) is 37.8 Å². The predicted octanol–water partition coefficient (Wildman–Crippen LogP) is 1.90. The Hall–Kier alpha value is -1.11. The van der Waals surface area contributed by atoms with Crippen molar-refractivity contribution in [2.45, 2.75) is 37.7 Å². The van der Waals surface area contributed by atoms with E-state index in [1.807, 2.05) is 13.0 Å². The number of rotatable bonds is 6. The standard InChI is InChI=1S/C15H24N2O3S/c1-3-9-16-14-6-4-5-7-15(14)21(19,20)17-10-8-13(11-17)12(2)18/h4-7,12-13,16,18H,3,8-11H2,1-2H3. The summed E-state index contributed by atoms with van der Waals surface area (Å²) in [6, 6.07) is 7.01. The summed E-state index contributed by atoms with van der Waals surface area (Å²) in [5, 5.41) is 12.8. The third-order valence-electron chi connectivity index (χ3n) is 3.94. The maximum Gasteiger partial charge on any atom is 0.245 e. The summed E-state index contributed by atoms with van der Waals surface area (Å²) in [6.07, 6.45) is 1.17. The molecule has 0 aliphatic carbocycles. The lowest BCUT2D eigenvalue weighted by Crippen LogP contribution is -2.31.